The summed E-state index contributed by atoms with van der Waals surface area (Å²) in [6, 6.07) is 4.53. The molecular formula is C16H19N3O4S. The second kappa shape index (κ2) is 7.21. The van der Waals surface area contributed by atoms with Crippen molar-refractivity contribution in [2.24, 2.45) is 5.92 Å². The van der Waals surface area contributed by atoms with Crippen molar-refractivity contribution >= 4 is 34.5 Å². The molecule has 3 rings (SSSR count). The van der Waals surface area contributed by atoms with E-state index < -0.39 is 4.92 Å². The van der Waals surface area contributed by atoms with E-state index in [2.05, 4.69) is 17.2 Å². The quantitative estimate of drug-likeness (QED) is 0.504. The number of hydrogen-bond acceptors (Lipinski definition) is 6. The lowest BCUT2D eigenvalue weighted by Gasteiger charge is -2.26. The third-order valence-electron chi connectivity index (χ3n) is 4.27. The monoisotopic (exact) mass is 349 g/mol. The number of carbonyl (C=O) groups excluding carboxylic acids is 1. The van der Waals surface area contributed by atoms with Crippen molar-refractivity contribution in [1.82, 2.24) is 10.3 Å². The number of nitro benzene ring substituents is 1. The molecule has 1 aromatic heterocycles. The normalized spacial score (nSPS) is 20.9. The summed E-state index contributed by atoms with van der Waals surface area (Å²) < 4.78 is 5.51. The Labute approximate surface area is 143 Å². The van der Waals surface area contributed by atoms with Gasteiger partial charge in [-0.2, -0.15) is 0 Å². The molecule has 1 fully saturated rings. The number of non-ortho nitro benzene ring substituents is 1. The molecule has 0 radical (unpaired) electrons. The Hall–Kier alpha value is -2.09. The summed E-state index contributed by atoms with van der Waals surface area (Å²) in [5.41, 5.74) is 0.870. The third-order valence-corrected chi connectivity index (χ3v) is 5.10. The number of thioether (sulfide) groups is 1. The van der Waals surface area contributed by atoms with Gasteiger partial charge in [-0.05, 0) is 37.7 Å². The summed E-state index contributed by atoms with van der Waals surface area (Å²) in [6.45, 7) is 2.24. The Morgan fingerprint density at radius 1 is 1.42 bits per heavy atom. The van der Waals surface area contributed by atoms with Gasteiger partial charge in [0, 0.05) is 18.2 Å². The van der Waals surface area contributed by atoms with Crippen molar-refractivity contribution in [2.45, 2.75) is 43.9 Å². The molecule has 7 nitrogen and oxygen atoms in total. The van der Waals surface area contributed by atoms with Gasteiger partial charge in [-0.15, -0.1) is 0 Å². The summed E-state index contributed by atoms with van der Waals surface area (Å²) >= 11 is 1.20. The van der Waals surface area contributed by atoms with Gasteiger partial charge in [0.15, 0.2) is 5.58 Å². The molecule has 128 valence electrons. The maximum absolute atomic E-state index is 12.0. The first kappa shape index (κ1) is 16.8. The lowest BCUT2D eigenvalue weighted by molar-refractivity contribution is -0.384. The van der Waals surface area contributed by atoms with Gasteiger partial charge in [0.25, 0.3) is 10.9 Å². The third kappa shape index (κ3) is 4.05. The van der Waals surface area contributed by atoms with Crippen molar-refractivity contribution in [1.29, 1.82) is 0 Å². The predicted molar refractivity (Wildman–Crippen MR) is 91.0 cm³/mol. The highest BCUT2D eigenvalue weighted by molar-refractivity contribution is 7.99. The van der Waals surface area contributed by atoms with Crippen molar-refractivity contribution in [3.05, 3.63) is 28.3 Å². The molecule has 0 saturated heterocycles. The molecule has 1 saturated carbocycles. The average molecular weight is 349 g/mol. The molecule has 8 heteroatoms. The highest BCUT2D eigenvalue weighted by Crippen LogP contribution is 2.27. The van der Waals surface area contributed by atoms with Crippen LogP contribution in [0.1, 0.15) is 32.6 Å². The minimum atomic E-state index is -0.473. The number of hydrogen-bond donors (Lipinski definition) is 1. The van der Waals surface area contributed by atoms with Gasteiger partial charge in [0.05, 0.1) is 10.7 Å². The van der Waals surface area contributed by atoms with Gasteiger partial charge in [-0.3, -0.25) is 14.9 Å². The summed E-state index contributed by atoms with van der Waals surface area (Å²) in [6.07, 6.45) is 4.37. The minimum absolute atomic E-state index is 0.0309. The second-order valence-electron chi connectivity index (χ2n) is 6.20. The lowest BCUT2D eigenvalue weighted by atomic mass is 9.87. The maximum Gasteiger partial charge on any atom is 0.271 e. The Kier molecular flexibility index (Phi) is 5.03. The molecule has 1 heterocycles. The van der Waals surface area contributed by atoms with E-state index in [9.17, 15) is 14.9 Å². The zero-order chi connectivity index (χ0) is 17.1. The Morgan fingerprint density at radius 2 is 2.17 bits per heavy atom. The van der Waals surface area contributed by atoms with E-state index in [1.807, 2.05) is 0 Å². The molecule has 0 aliphatic heterocycles. The van der Waals surface area contributed by atoms with Gasteiger partial charge >= 0.3 is 0 Å². The van der Waals surface area contributed by atoms with Crippen LogP contribution in [-0.2, 0) is 4.79 Å². The average Bonchev–Trinajstić information content (AvgIpc) is 2.97. The molecule has 0 spiro atoms. The second-order valence-corrected chi connectivity index (χ2v) is 7.13. The van der Waals surface area contributed by atoms with Crippen LogP contribution in [0.5, 0.6) is 0 Å². The van der Waals surface area contributed by atoms with Crippen molar-refractivity contribution in [3.8, 4) is 0 Å². The van der Waals surface area contributed by atoms with Crippen LogP contribution in [0.15, 0.2) is 27.8 Å². The molecular weight excluding hydrogens is 330 g/mol. The SMILES string of the molecule is CC1CCC(NC(=O)CSc2nc3cc([N+](=O)[O-])ccc3o2)CC1. The van der Waals surface area contributed by atoms with Crippen LogP contribution < -0.4 is 5.32 Å². The number of carbonyl (C=O) groups is 1. The van der Waals surface area contributed by atoms with Crippen LogP contribution in [0, 0.1) is 16.0 Å². The van der Waals surface area contributed by atoms with Gasteiger partial charge in [-0.25, -0.2) is 4.98 Å². The first-order valence-electron chi connectivity index (χ1n) is 7.98. The van der Waals surface area contributed by atoms with Crippen molar-refractivity contribution < 1.29 is 14.1 Å². The number of nitrogens with one attached hydrogen (secondary N) is 1. The number of benzene rings is 1. The molecule has 0 bridgehead atoms. The Morgan fingerprint density at radius 3 is 2.88 bits per heavy atom. The Bertz CT molecular complexity index is 753. The Balaban J connectivity index is 1.55. The summed E-state index contributed by atoms with van der Waals surface area (Å²) in [4.78, 5) is 26.5. The van der Waals surface area contributed by atoms with E-state index in [0.717, 1.165) is 31.6 Å². The molecule has 1 N–H and O–H groups in total. The first-order chi connectivity index (χ1) is 11.5. The van der Waals surface area contributed by atoms with Gasteiger partial charge < -0.3 is 9.73 Å². The van der Waals surface area contributed by atoms with E-state index in [1.165, 1.54) is 30.0 Å². The van der Waals surface area contributed by atoms with Crippen molar-refractivity contribution in [3.63, 3.8) is 0 Å². The molecule has 1 aliphatic rings. The van der Waals surface area contributed by atoms with Crippen molar-refractivity contribution in [2.75, 3.05) is 5.75 Å². The number of rotatable bonds is 5. The number of nitrogens with zero attached hydrogens (tertiary/aromatic N) is 2. The fourth-order valence-electron chi connectivity index (χ4n) is 2.87. The molecule has 1 amide bonds. The molecule has 1 aliphatic carbocycles. The van der Waals surface area contributed by atoms with Gasteiger partial charge in [0.2, 0.25) is 5.91 Å². The summed E-state index contributed by atoms with van der Waals surface area (Å²) in [7, 11) is 0. The fraction of sp³-hybridized carbons (Fsp3) is 0.500. The first-order valence-corrected chi connectivity index (χ1v) is 8.97. The maximum atomic E-state index is 12.0. The van der Waals surface area contributed by atoms with E-state index in [0.29, 0.717) is 16.3 Å². The molecule has 0 unspecified atom stereocenters. The summed E-state index contributed by atoms with van der Waals surface area (Å²) in [5, 5.41) is 14.2. The molecule has 1 aromatic carbocycles. The zero-order valence-electron chi connectivity index (χ0n) is 13.4. The van der Waals surface area contributed by atoms with E-state index in [4.69, 9.17) is 4.42 Å². The number of oxazole rings is 1. The largest absolute Gasteiger partial charge is 0.431 e. The number of aromatic nitrogens is 1. The molecule has 0 atom stereocenters. The predicted octanol–water partition coefficient (Wildman–Crippen LogP) is 3.52. The highest BCUT2D eigenvalue weighted by Gasteiger charge is 2.20. The number of amides is 1. The van der Waals surface area contributed by atoms with E-state index >= 15 is 0 Å². The van der Waals surface area contributed by atoms with Crippen LogP contribution in [0.25, 0.3) is 11.1 Å². The smallest absolute Gasteiger partial charge is 0.271 e. The molecule has 2 aromatic rings. The van der Waals surface area contributed by atoms with Crippen LogP contribution in [-0.4, -0.2) is 27.6 Å². The summed E-state index contributed by atoms with van der Waals surface area (Å²) in [5.74, 6) is 0.935. The van der Waals surface area contributed by atoms with E-state index in [-0.39, 0.29) is 23.4 Å². The lowest BCUT2D eigenvalue weighted by Crippen LogP contribution is -2.38. The van der Waals surface area contributed by atoms with Crippen LogP contribution in [0.3, 0.4) is 0 Å². The number of nitro groups is 1. The minimum Gasteiger partial charge on any atom is -0.431 e. The number of fused-ring (bicyclic) bond motifs is 1. The van der Waals surface area contributed by atoms with Crippen LogP contribution >= 0.6 is 11.8 Å². The molecule has 24 heavy (non-hydrogen) atoms. The van der Waals surface area contributed by atoms with Gasteiger partial charge in [0.1, 0.15) is 5.52 Å². The fourth-order valence-corrected chi connectivity index (χ4v) is 3.52. The van der Waals surface area contributed by atoms with Crippen LogP contribution in [0.4, 0.5) is 5.69 Å². The highest BCUT2D eigenvalue weighted by atomic mass is 32.2. The van der Waals surface area contributed by atoms with Gasteiger partial charge in [-0.1, -0.05) is 18.7 Å². The van der Waals surface area contributed by atoms with Crippen LogP contribution in [0.2, 0.25) is 0 Å². The van der Waals surface area contributed by atoms with E-state index in [1.54, 1.807) is 0 Å². The zero-order valence-corrected chi connectivity index (χ0v) is 14.2. The topological polar surface area (TPSA) is 98.3 Å². The standard InChI is InChI=1S/C16H19N3O4S/c1-10-2-4-11(5-3-10)17-15(20)9-24-16-18-13-8-12(19(21)22)6-7-14(13)23-16/h6-8,10-11H,2-5,9H2,1H3,(H,17,20).